The average molecular weight is 346 g/mol. The van der Waals surface area contributed by atoms with Gasteiger partial charge in [0.05, 0.1) is 0 Å². The summed E-state index contributed by atoms with van der Waals surface area (Å²) in [6.45, 7) is 6.02. The predicted octanol–water partition coefficient (Wildman–Crippen LogP) is 3.71. The van der Waals surface area contributed by atoms with Crippen LogP contribution < -0.4 is 0 Å². The van der Waals surface area contributed by atoms with Gasteiger partial charge in [0.2, 0.25) is 0 Å². The molecule has 0 N–H and O–H groups in total. The van der Waals surface area contributed by atoms with Crippen molar-refractivity contribution < 1.29 is 19.1 Å². The standard InChI is InChI=1S/C21H30O4/c1-12(22)25-14-4-7-21(3)16-5-6-20(2)11-13(23)8-17(20)15(16)10-19(24)18(21)9-14/h14-18H,4-11H2,1-3H3. The van der Waals surface area contributed by atoms with Crippen LogP contribution >= 0.6 is 0 Å². The molecule has 0 aromatic carbocycles. The van der Waals surface area contributed by atoms with E-state index < -0.39 is 0 Å². The van der Waals surface area contributed by atoms with Gasteiger partial charge in [0, 0.05) is 32.1 Å². The number of carbonyl (C=O) groups excluding carboxylic acids is 3. The van der Waals surface area contributed by atoms with Crippen LogP contribution in [0.1, 0.15) is 72.1 Å². The van der Waals surface area contributed by atoms with Crippen LogP contribution in [-0.2, 0) is 19.1 Å². The van der Waals surface area contributed by atoms with Crippen molar-refractivity contribution in [2.24, 2.45) is 34.5 Å². The van der Waals surface area contributed by atoms with Crippen LogP contribution in [-0.4, -0.2) is 23.6 Å². The topological polar surface area (TPSA) is 60.4 Å². The third kappa shape index (κ3) is 2.59. The van der Waals surface area contributed by atoms with Gasteiger partial charge < -0.3 is 4.74 Å². The molecule has 0 heterocycles. The molecule has 4 heteroatoms. The molecule has 4 saturated carbocycles. The number of carbonyl (C=O) groups is 3. The number of Topliss-reactive ketones (excluding diaryl/α,β-unsaturated/α-hetero) is 2. The molecule has 0 aliphatic heterocycles. The van der Waals surface area contributed by atoms with Crippen molar-refractivity contribution in [1.29, 1.82) is 0 Å². The molecule has 4 nitrogen and oxygen atoms in total. The van der Waals surface area contributed by atoms with Crippen LogP contribution in [0.2, 0.25) is 0 Å². The highest BCUT2D eigenvalue weighted by Crippen LogP contribution is 2.65. The Morgan fingerprint density at radius 1 is 1.08 bits per heavy atom. The van der Waals surface area contributed by atoms with E-state index in [0.29, 0.717) is 55.0 Å². The zero-order valence-corrected chi connectivity index (χ0v) is 15.7. The lowest BCUT2D eigenvalue weighted by atomic mass is 9.45. The van der Waals surface area contributed by atoms with Gasteiger partial charge in [-0.1, -0.05) is 13.8 Å². The summed E-state index contributed by atoms with van der Waals surface area (Å²) < 4.78 is 5.43. The molecule has 0 bridgehead atoms. The van der Waals surface area contributed by atoms with E-state index in [4.69, 9.17) is 4.74 Å². The number of rotatable bonds is 1. The lowest BCUT2D eigenvalue weighted by Crippen LogP contribution is -2.56. The van der Waals surface area contributed by atoms with Crippen molar-refractivity contribution >= 4 is 17.5 Å². The van der Waals surface area contributed by atoms with Gasteiger partial charge in [-0.15, -0.1) is 0 Å². The number of ketones is 2. The summed E-state index contributed by atoms with van der Waals surface area (Å²) in [5.41, 5.74) is 0.139. The molecule has 4 fully saturated rings. The highest BCUT2D eigenvalue weighted by Gasteiger charge is 2.61. The predicted molar refractivity (Wildman–Crippen MR) is 92.7 cm³/mol. The quantitative estimate of drug-likeness (QED) is 0.679. The first kappa shape index (κ1) is 17.2. The molecule has 0 saturated heterocycles. The SMILES string of the molecule is CC(=O)OC1CCC2(C)C(C1)C(=O)CC1C3CC(=O)CC3(C)CCC12. The Kier molecular flexibility index (Phi) is 3.90. The van der Waals surface area contributed by atoms with Crippen molar-refractivity contribution in [3.05, 3.63) is 0 Å². The molecule has 138 valence electrons. The minimum atomic E-state index is -0.243. The van der Waals surface area contributed by atoms with E-state index in [-0.39, 0.29) is 28.8 Å². The molecule has 0 radical (unpaired) electrons. The Bertz CT molecular complexity index is 625. The molecule has 4 aliphatic carbocycles. The summed E-state index contributed by atoms with van der Waals surface area (Å²) in [6.07, 6.45) is 6.70. The molecule has 0 aromatic rings. The lowest BCUT2D eigenvalue weighted by Gasteiger charge is -2.59. The third-order valence-corrected chi connectivity index (χ3v) is 8.31. The van der Waals surface area contributed by atoms with Crippen molar-refractivity contribution in [3.8, 4) is 0 Å². The van der Waals surface area contributed by atoms with Crippen molar-refractivity contribution in [3.63, 3.8) is 0 Å². The van der Waals surface area contributed by atoms with E-state index in [0.717, 1.165) is 25.7 Å². The van der Waals surface area contributed by atoms with Crippen LogP contribution in [0.5, 0.6) is 0 Å². The molecule has 7 unspecified atom stereocenters. The maximum Gasteiger partial charge on any atom is 0.302 e. The van der Waals surface area contributed by atoms with E-state index >= 15 is 0 Å². The minimum absolute atomic E-state index is 0.0175. The Hall–Kier alpha value is -1.19. The van der Waals surface area contributed by atoms with Gasteiger partial charge in [-0.25, -0.2) is 0 Å². The lowest BCUT2D eigenvalue weighted by molar-refractivity contribution is -0.167. The number of esters is 1. The molecular weight excluding hydrogens is 316 g/mol. The number of fused-ring (bicyclic) bond motifs is 5. The van der Waals surface area contributed by atoms with Crippen LogP contribution in [0.15, 0.2) is 0 Å². The second-order valence-corrected chi connectivity index (χ2v) is 9.72. The second kappa shape index (κ2) is 5.65. The fourth-order valence-corrected chi connectivity index (χ4v) is 7.13. The summed E-state index contributed by atoms with van der Waals surface area (Å²) in [6, 6.07) is 0. The van der Waals surface area contributed by atoms with Crippen LogP contribution in [0.25, 0.3) is 0 Å². The van der Waals surface area contributed by atoms with Gasteiger partial charge in [0.15, 0.2) is 0 Å². The monoisotopic (exact) mass is 346 g/mol. The highest BCUT2D eigenvalue weighted by molar-refractivity contribution is 5.85. The van der Waals surface area contributed by atoms with Crippen LogP contribution in [0, 0.1) is 34.5 Å². The van der Waals surface area contributed by atoms with Crippen LogP contribution in [0.3, 0.4) is 0 Å². The zero-order chi connectivity index (χ0) is 18.0. The number of ether oxygens (including phenoxy) is 1. The maximum absolute atomic E-state index is 13.1. The zero-order valence-electron chi connectivity index (χ0n) is 15.7. The Morgan fingerprint density at radius 3 is 2.56 bits per heavy atom. The number of hydrogen-bond donors (Lipinski definition) is 0. The summed E-state index contributed by atoms with van der Waals surface area (Å²) in [5, 5.41) is 0. The largest absolute Gasteiger partial charge is 0.463 e. The first-order chi connectivity index (χ1) is 11.7. The summed E-state index contributed by atoms with van der Waals surface area (Å²) in [7, 11) is 0. The molecule has 0 amide bonds. The number of hydrogen-bond acceptors (Lipinski definition) is 4. The van der Waals surface area contributed by atoms with Gasteiger partial charge >= 0.3 is 5.97 Å². The molecule has 0 aromatic heterocycles. The average Bonchev–Trinajstić information content (AvgIpc) is 2.83. The smallest absolute Gasteiger partial charge is 0.302 e. The summed E-state index contributed by atoms with van der Waals surface area (Å²) in [4.78, 5) is 36.5. The van der Waals surface area contributed by atoms with E-state index in [2.05, 4.69) is 13.8 Å². The highest BCUT2D eigenvalue weighted by atomic mass is 16.5. The van der Waals surface area contributed by atoms with Gasteiger partial charge in [0.25, 0.3) is 0 Å². The normalized spacial score (nSPS) is 49.2. The van der Waals surface area contributed by atoms with E-state index in [9.17, 15) is 14.4 Å². The van der Waals surface area contributed by atoms with E-state index in [1.165, 1.54) is 6.92 Å². The Labute approximate surface area is 150 Å². The fraction of sp³-hybridized carbons (Fsp3) is 0.857. The minimum Gasteiger partial charge on any atom is -0.463 e. The third-order valence-electron chi connectivity index (χ3n) is 8.31. The van der Waals surface area contributed by atoms with E-state index in [1.54, 1.807) is 0 Å². The van der Waals surface area contributed by atoms with Crippen molar-refractivity contribution in [2.45, 2.75) is 78.2 Å². The fourth-order valence-electron chi connectivity index (χ4n) is 7.13. The van der Waals surface area contributed by atoms with E-state index in [1.807, 2.05) is 0 Å². The molecular formula is C21H30O4. The maximum atomic E-state index is 13.1. The summed E-state index contributed by atoms with van der Waals surface area (Å²) in [5.74, 6) is 1.84. The molecule has 7 atom stereocenters. The molecule has 4 aliphatic rings. The first-order valence-corrected chi connectivity index (χ1v) is 9.94. The van der Waals surface area contributed by atoms with Gasteiger partial charge in [-0.05, 0) is 60.7 Å². The Morgan fingerprint density at radius 2 is 1.84 bits per heavy atom. The first-order valence-electron chi connectivity index (χ1n) is 9.94. The van der Waals surface area contributed by atoms with Crippen molar-refractivity contribution in [1.82, 2.24) is 0 Å². The Balaban J connectivity index is 1.60. The molecule has 4 rings (SSSR count). The van der Waals surface area contributed by atoms with Gasteiger partial charge in [-0.3, -0.25) is 14.4 Å². The summed E-state index contributed by atoms with van der Waals surface area (Å²) >= 11 is 0. The molecule has 0 spiro atoms. The van der Waals surface area contributed by atoms with Gasteiger partial charge in [0.1, 0.15) is 17.7 Å². The van der Waals surface area contributed by atoms with Gasteiger partial charge in [-0.2, -0.15) is 0 Å². The van der Waals surface area contributed by atoms with Crippen LogP contribution in [0.4, 0.5) is 0 Å². The molecule has 25 heavy (non-hydrogen) atoms. The second-order valence-electron chi connectivity index (χ2n) is 9.72. The van der Waals surface area contributed by atoms with Crippen molar-refractivity contribution in [2.75, 3.05) is 0 Å².